The van der Waals surface area contributed by atoms with E-state index < -0.39 is 0 Å². The van der Waals surface area contributed by atoms with Gasteiger partial charge in [0.1, 0.15) is 0 Å². The molecule has 6 nitrogen and oxygen atoms in total. The number of carbonyl (C=O) groups is 2. The molecule has 0 saturated carbocycles. The summed E-state index contributed by atoms with van der Waals surface area (Å²) in [4.78, 5) is 30.0. The van der Waals surface area contributed by atoms with Crippen LogP contribution in [0.15, 0.2) is 24.3 Å². The molecular formula is C38H70N4O2. The number of nitrogens with one attached hydrogen (secondary N) is 2. The van der Waals surface area contributed by atoms with Gasteiger partial charge in [0.25, 0.3) is 11.8 Å². The summed E-state index contributed by atoms with van der Waals surface area (Å²) >= 11 is 0. The zero-order chi connectivity index (χ0) is 32.1. The van der Waals surface area contributed by atoms with E-state index in [-0.39, 0.29) is 11.8 Å². The third-order valence-electron chi connectivity index (χ3n) is 8.73. The molecule has 0 unspecified atom stereocenters. The second kappa shape index (κ2) is 28.5. The van der Waals surface area contributed by atoms with Gasteiger partial charge in [0.2, 0.25) is 0 Å². The van der Waals surface area contributed by atoms with Gasteiger partial charge >= 0.3 is 0 Å². The van der Waals surface area contributed by atoms with Crippen LogP contribution in [0.2, 0.25) is 0 Å². The number of benzene rings is 1. The maximum Gasteiger partial charge on any atom is 0.251 e. The topological polar surface area (TPSA) is 64.7 Å². The van der Waals surface area contributed by atoms with Gasteiger partial charge < -0.3 is 20.4 Å². The summed E-state index contributed by atoms with van der Waals surface area (Å²) in [5, 5.41) is 6.04. The Labute approximate surface area is 272 Å². The maximum absolute atomic E-state index is 12.7. The number of hydrogen-bond donors (Lipinski definition) is 2. The smallest absolute Gasteiger partial charge is 0.251 e. The van der Waals surface area contributed by atoms with Crippen LogP contribution >= 0.6 is 0 Å². The molecule has 2 amide bonds. The van der Waals surface area contributed by atoms with E-state index in [0.29, 0.717) is 24.2 Å². The van der Waals surface area contributed by atoms with Crippen LogP contribution in [0.4, 0.5) is 0 Å². The van der Waals surface area contributed by atoms with E-state index in [0.717, 1.165) is 26.2 Å². The summed E-state index contributed by atoms with van der Waals surface area (Å²) in [6.07, 6.45) is 26.9. The summed E-state index contributed by atoms with van der Waals surface area (Å²) in [7, 11) is 4.25. The second-order valence-corrected chi connectivity index (χ2v) is 13.1. The first-order valence-electron chi connectivity index (χ1n) is 18.5. The highest BCUT2D eigenvalue weighted by Gasteiger charge is 2.11. The molecular weight excluding hydrogens is 544 g/mol. The van der Waals surface area contributed by atoms with Crippen LogP contribution in [0.1, 0.15) is 163 Å². The third-order valence-corrected chi connectivity index (χ3v) is 8.73. The minimum Gasteiger partial charge on any atom is -0.351 e. The Morgan fingerprint density at radius 1 is 0.500 bits per heavy atom. The number of rotatable bonds is 30. The van der Waals surface area contributed by atoms with Gasteiger partial charge in [0, 0.05) is 37.3 Å². The fourth-order valence-corrected chi connectivity index (χ4v) is 5.69. The lowest BCUT2D eigenvalue weighted by Crippen LogP contribution is -2.34. The zero-order valence-electron chi connectivity index (χ0n) is 29.4. The molecule has 0 spiro atoms. The van der Waals surface area contributed by atoms with Crippen molar-refractivity contribution in [3.05, 3.63) is 35.4 Å². The summed E-state index contributed by atoms with van der Waals surface area (Å²) in [5.74, 6) is -0.244. The van der Waals surface area contributed by atoms with Crippen molar-refractivity contribution in [1.82, 2.24) is 20.4 Å². The predicted molar refractivity (Wildman–Crippen MR) is 190 cm³/mol. The number of likely N-dealkylation sites (N-methyl/N-ethyl adjacent to an activating group) is 2. The highest BCUT2D eigenvalue weighted by Crippen LogP contribution is 2.12. The number of hydrogen-bond acceptors (Lipinski definition) is 4. The van der Waals surface area contributed by atoms with Crippen LogP contribution < -0.4 is 10.6 Å². The first kappa shape index (κ1) is 40.1. The molecule has 0 radical (unpaired) electrons. The molecule has 0 saturated heterocycles. The highest BCUT2D eigenvalue weighted by molar-refractivity contribution is 5.99. The van der Waals surface area contributed by atoms with Gasteiger partial charge in [-0.2, -0.15) is 0 Å². The quantitative estimate of drug-likeness (QED) is 0.0850. The standard InChI is InChI=1S/C38H70N4O2/c1-5-7-9-11-13-15-17-19-21-23-30-41(3)32-28-39-37(43)35-26-25-27-36(34-35)38(44)40-29-33-42(4)31-24-22-20-18-16-14-12-10-8-6-2/h25-27,34H,5-24,28-33H2,1-4H3,(H,39,43)(H,40,44). The summed E-state index contributed by atoms with van der Waals surface area (Å²) in [6.45, 7) is 9.54. The fourth-order valence-electron chi connectivity index (χ4n) is 5.69. The Hall–Kier alpha value is -1.92. The van der Waals surface area contributed by atoms with Crippen molar-refractivity contribution in [2.75, 3.05) is 53.4 Å². The number of unbranched alkanes of at least 4 members (excludes halogenated alkanes) is 18. The zero-order valence-corrected chi connectivity index (χ0v) is 29.4. The molecule has 0 bridgehead atoms. The fraction of sp³-hybridized carbons (Fsp3) is 0.789. The van der Waals surface area contributed by atoms with Crippen LogP contribution in [0.3, 0.4) is 0 Å². The number of amides is 2. The SMILES string of the molecule is CCCCCCCCCCCCN(C)CCNC(=O)c1cccc(C(=O)NCCN(C)CCCCCCCCCCCC)c1. The lowest BCUT2D eigenvalue weighted by atomic mass is 10.1. The van der Waals surface area contributed by atoms with Crippen LogP contribution in [0.25, 0.3) is 0 Å². The Bertz CT molecular complexity index is 768. The molecule has 1 aromatic carbocycles. The van der Waals surface area contributed by atoms with Crippen molar-refractivity contribution in [2.24, 2.45) is 0 Å². The first-order valence-corrected chi connectivity index (χ1v) is 18.5. The number of nitrogens with zero attached hydrogens (tertiary/aromatic N) is 2. The minimum absolute atomic E-state index is 0.122. The van der Waals surface area contributed by atoms with Crippen molar-refractivity contribution < 1.29 is 9.59 Å². The lowest BCUT2D eigenvalue weighted by molar-refractivity contribution is 0.0949. The molecule has 0 aliphatic heterocycles. The Morgan fingerprint density at radius 3 is 1.16 bits per heavy atom. The molecule has 1 aromatic rings. The Morgan fingerprint density at radius 2 is 0.818 bits per heavy atom. The largest absolute Gasteiger partial charge is 0.351 e. The minimum atomic E-state index is -0.122. The summed E-state index contributed by atoms with van der Waals surface area (Å²) < 4.78 is 0. The normalized spacial score (nSPS) is 11.4. The van der Waals surface area contributed by atoms with Gasteiger partial charge in [-0.1, -0.05) is 135 Å². The van der Waals surface area contributed by atoms with E-state index in [1.165, 1.54) is 128 Å². The second-order valence-electron chi connectivity index (χ2n) is 13.1. The molecule has 0 aliphatic carbocycles. The van der Waals surface area contributed by atoms with Gasteiger partial charge in [0.15, 0.2) is 0 Å². The van der Waals surface area contributed by atoms with Crippen LogP contribution in [-0.2, 0) is 0 Å². The molecule has 6 heteroatoms. The van der Waals surface area contributed by atoms with Crippen LogP contribution in [-0.4, -0.2) is 75.0 Å². The van der Waals surface area contributed by atoms with E-state index in [1.807, 2.05) is 0 Å². The van der Waals surface area contributed by atoms with Crippen molar-refractivity contribution >= 4 is 11.8 Å². The van der Waals surface area contributed by atoms with Crippen molar-refractivity contribution in [3.63, 3.8) is 0 Å². The third kappa shape index (κ3) is 22.6. The Kier molecular flexibility index (Phi) is 26.0. The average molecular weight is 615 g/mol. The van der Waals surface area contributed by atoms with Crippen molar-refractivity contribution in [3.8, 4) is 0 Å². The molecule has 44 heavy (non-hydrogen) atoms. The molecule has 254 valence electrons. The molecule has 0 fully saturated rings. The van der Waals surface area contributed by atoms with E-state index in [1.54, 1.807) is 24.3 Å². The maximum atomic E-state index is 12.7. The van der Waals surface area contributed by atoms with Gasteiger partial charge in [-0.15, -0.1) is 0 Å². The molecule has 0 heterocycles. The van der Waals surface area contributed by atoms with Crippen molar-refractivity contribution in [2.45, 2.75) is 142 Å². The average Bonchev–Trinajstić information content (AvgIpc) is 3.02. The van der Waals surface area contributed by atoms with Gasteiger partial charge in [0.05, 0.1) is 0 Å². The molecule has 1 rings (SSSR count). The summed E-state index contributed by atoms with van der Waals surface area (Å²) in [5.41, 5.74) is 1.07. The van der Waals surface area contributed by atoms with Gasteiger partial charge in [-0.05, 0) is 58.2 Å². The molecule has 0 aromatic heterocycles. The van der Waals surface area contributed by atoms with Crippen molar-refractivity contribution in [1.29, 1.82) is 0 Å². The predicted octanol–water partition coefficient (Wildman–Crippen LogP) is 8.85. The van der Waals surface area contributed by atoms with Gasteiger partial charge in [-0.3, -0.25) is 9.59 Å². The molecule has 2 N–H and O–H groups in total. The van der Waals surface area contributed by atoms with Crippen LogP contribution in [0.5, 0.6) is 0 Å². The van der Waals surface area contributed by atoms with Gasteiger partial charge in [-0.25, -0.2) is 0 Å². The monoisotopic (exact) mass is 615 g/mol. The summed E-state index contributed by atoms with van der Waals surface area (Å²) in [6, 6.07) is 7.05. The highest BCUT2D eigenvalue weighted by atomic mass is 16.2. The lowest BCUT2D eigenvalue weighted by Gasteiger charge is -2.17. The first-order chi connectivity index (χ1) is 21.5. The van der Waals surface area contributed by atoms with E-state index in [9.17, 15) is 9.59 Å². The van der Waals surface area contributed by atoms with E-state index >= 15 is 0 Å². The molecule has 0 atom stereocenters. The van der Waals surface area contributed by atoms with E-state index in [2.05, 4.69) is 48.4 Å². The molecule has 0 aliphatic rings. The van der Waals surface area contributed by atoms with Crippen LogP contribution in [0, 0.1) is 0 Å². The van der Waals surface area contributed by atoms with E-state index in [4.69, 9.17) is 0 Å². The number of carbonyl (C=O) groups excluding carboxylic acids is 2. The Balaban J connectivity index is 2.12.